The molecule has 4 nitrogen and oxygen atoms in total. The fourth-order valence-electron chi connectivity index (χ4n) is 1.78. The van der Waals surface area contributed by atoms with Gasteiger partial charge in [0, 0.05) is 0 Å². The van der Waals surface area contributed by atoms with Gasteiger partial charge in [0.25, 0.3) is 0 Å². The van der Waals surface area contributed by atoms with Gasteiger partial charge in [0.05, 0.1) is 13.2 Å². The molecule has 0 aromatic heterocycles. The van der Waals surface area contributed by atoms with Crippen molar-refractivity contribution in [3.05, 3.63) is 12.2 Å². The molecule has 18 heavy (non-hydrogen) atoms. The van der Waals surface area contributed by atoms with Gasteiger partial charge in [-0.1, -0.05) is 26.0 Å². The summed E-state index contributed by atoms with van der Waals surface area (Å²) in [7, 11) is 0. The standard InChI is InChI=1S/C14H24O4/c1-6-9-10-14(11(4)5,12(15)17-7-2)13(16)18-8-3/h6,9,11H,7-8,10H2,1-5H3/b9-6+. The van der Waals surface area contributed by atoms with E-state index in [0.29, 0.717) is 6.42 Å². The van der Waals surface area contributed by atoms with E-state index in [4.69, 9.17) is 9.47 Å². The maximum Gasteiger partial charge on any atom is 0.324 e. The van der Waals surface area contributed by atoms with Gasteiger partial charge < -0.3 is 9.47 Å². The van der Waals surface area contributed by atoms with Gasteiger partial charge in [0.15, 0.2) is 5.41 Å². The molecule has 0 fully saturated rings. The lowest BCUT2D eigenvalue weighted by molar-refractivity contribution is -0.175. The number of allylic oxidation sites excluding steroid dienone is 2. The molecular weight excluding hydrogens is 232 g/mol. The molecule has 0 atom stereocenters. The number of rotatable bonds is 7. The van der Waals surface area contributed by atoms with Gasteiger partial charge >= 0.3 is 11.9 Å². The fraction of sp³-hybridized carbons (Fsp3) is 0.714. The Morgan fingerprint density at radius 1 is 1.11 bits per heavy atom. The van der Waals surface area contributed by atoms with Crippen molar-refractivity contribution in [3.8, 4) is 0 Å². The summed E-state index contributed by atoms with van der Waals surface area (Å²) in [5.41, 5.74) is -1.24. The zero-order valence-electron chi connectivity index (χ0n) is 12.0. The summed E-state index contributed by atoms with van der Waals surface area (Å²) in [5.74, 6) is -1.19. The quantitative estimate of drug-likeness (QED) is 0.399. The predicted molar refractivity (Wildman–Crippen MR) is 70.0 cm³/mol. The maximum absolute atomic E-state index is 12.2. The van der Waals surface area contributed by atoms with Crippen molar-refractivity contribution < 1.29 is 19.1 Å². The highest BCUT2D eigenvalue weighted by Gasteiger charge is 2.50. The number of carbonyl (C=O) groups excluding carboxylic acids is 2. The van der Waals surface area contributed by atoms with Crippen LogP contribution in [0.5, 0.6) is 0 Å². The molecule has 0 aliphatic rings. The van der Waals surface area contributed by atoms with Crippen LogP contribution in [0.3, 0.4) is 0 Å². The average molecular weight is 256 g/mol. The van der Waals surface area contributed by atoms with E-state index >= 15 is 0 Å². The molecule has 0 radical (unpaired) electrons. The van der Waals surface area contributed by atoms with E-state index in [1.54, 1.807) is 19.9 Å². The number of hydrogen-bond acceptors (Lipinski definition) is 4. The third-order valence-electron chi connectivity index (χ3n) is 2.94. The largest absolute Gasteiger partial charge is 0.465 e. The van der Waals surface area contributed by atoms with Gasteiger partial charge in [-0.25, -0.2) is 0 Å². The lowest BCUT2D eigenvalue weighted by Crippen LogP contribution is -2.46. The molecule has 0 saturated carbocycles. The SMILES string of the molecule is C/C=C/CC(C(=O)OCC)(C(=O)OCC)C(C)C. The molecule has 0 rings (SSSR count). The van der Waals surface area contributed by atoms with Crippen LogP contribution in [0.1, 0.15) is 41.0 Å². The molecule has 0 bridgehead atoms. The maximum atomic E-state index is 12.2. The van der Waals surface area contributed by atoms with E-state index in [9.17, 15) is 9.59 Å². The second kappa shape index (κ2) is 7.90. The smallest absolute Gasteiger partial charge is 0.324 e. The van der Waals surface area contributed by atoms with Gasteiger partial charge in [-0.2, -0.15) is 0 Å². The first-order valence-electron chi connectivity index (χ1n) is 6.42. The number of esters is 2. The van der Waals surface area contributed by atoms with Crippen LogP contribution in [-0.2, 0) is 19.1 Å². The minimum atomic E-state index is -1.24. The molecule has 0 aliphatic heterocycles. The second-order valence-corrected chi connectivity index (χ2v) is 4.34. The van der Waals surface area contributed by atoms with E-state index < -0.39 is 17.4 Å². The van der Waals surface area contributed by atoms with Gasteiger partial charge in [-0.3, -0.25) is 9.59 Å². The fourth-order valence-corrected chi connectivity index (χ4v) is 1.78. The van der Waals surface area contributed by atoms with Crippen molar-refractivity contribution >= 4 is 11.9 Å². The first kappa shape index (κ1) is 16.7. The van der Waals surface area contributed by atoms with Crippen LogP contribution < -0.4 is 0 Å². The lowest BCUT2D eigenvalue weighted by atomic mass is 9.74. The van der Waals surface area contributed by atoms with E-state index in [1.807, 2.05) is 26.8 Å². The van der Waals surface area contributed by atoms with Crippen molar-refractivity contribution in [1.82, 2.24) is 0 Å². The minimum absolute atomic E-state index is 0.188. The molecule has 0 aromatic carbocycles. The molecule has 0 amide bonds. The highest BCUT2D eigenvalue weighted by molar-refractivity contribution is 6.00. The highest BCUT2D eigenvalue weighted by atomic mass is 16.6. The van der Waals surface area contributed by atoms with Crippen LogP contribution >= 0.6 is 0 Å². The summed E-state index contributed by atoms with van der Waals surface area (Å²) in [6.45, 7) is 9.47. The predicted octanol–water partition coefficient (Wildman–Crippen LogP) is 2.72. The molecular formula is C14H24O4. The molecule has 0 saturated heterocycles. The van der Waals surface area contributed by atoms with Gasteiger partial charge in [0.2, 0.25) is 0 Å². The monoisotopic (exact) mass is 256 g/mol. The first-order chi connectivity index (χ1) is 8.47. The van der Waals surface area contributed by atoms with E-state index in [2.05, 4.69) is 0 Å². The molecule has 4 heteroatoms. The van der Waals surface area contributed by atoms with Crippen LogP contribution in [0.4, 0.5) is 0 Å². The Balaban J connectivity index is 5.40. The van der Waals surface area contributed by atoms with Gasteiger partial charge in [-0.05, 0) is 33.1 Å². The zero-order valence-corrected chi connectivity index (χ0v) is 12.0. The number of carbonyl (C=O) groups is 2. The Morgan fingerprint density at radius 3 is 1.83 bits per heavy atom. The van der Waals surface area contributed by atoms with Crippen molar-refractivity contribution in [2.45, 2.75) is 41.0 Å². The van der Waals surface area contributed by atoms with Gasteiger partial charge in [0.1, 0.15) is 0 Å². The Morgan fingerprint density at radius 2 is 1.56 bits per heavy atom. The van der Waals surface area contributed by atoms with E-state index in [1.165, 1.54) is 0 Å². The summed E-state index contributed by atoms with van der Waals surface area (Å²) in [6.07, 6.45) is 3.92. The van der Waals surface area contributed by atoms with Crippen molar-refractivity contribution in [2.75, 3.05) is 13.2 Å². The van der Waals surface area contributed by atoms with Crippen molar-refractivity contribution in [3.63, 3.8) is 0 Å². The van der Waals surface area contributed by atoms with Crippen LogP contribution in [0, 0.1) is 11.3 Å². The Labute approximate surface area is 109 Å². The number of ether oxygens (including phenoxy) is 2. The number of hydrogen-bond donors (Lipinski definition) is 0. The summed E-state index contributed by atoms with van der Waals surface area (Å²) in [4.78, 5) is 24.3. The molecule has 0 aliphatic carbocycles. The van der Waals surface area contributed by atoms with Gasteiger partial charge in [-0.15, -0.1) is 0 Å². The lowest BCUT2D eigenvalue weighted by Gasteiger charge is -2.31. The molecule has 0 heterocycles. The molecule has 0 N–H and O–H groups in total. The first-order valence-corrected chi connectivity index (χ1v) is 6.42. The third kappa shape index (κ3) is 3.59. The highest BCUT2D eigenvalue weighted by Crippen LogP contribution is 2.35. The topological polar surface area (TPSA) is 52.6 Å². The molecule has 104 valence electrons. The van der Waals surface area contributed by atoms with Crippen LogP contribution in [0.25, 0.3) is 0 Å². The summed E-state index contributed by atoms with van der Waals surface area (Å²) in [6, 6.07) is 0. The Bertz CT molecular complexity index is 287. The van der Waals surface area contributed by atoms with E-state index in [-0.39, 0.29) is 19.1 Å². The summed E-state index contributed by atoms with van der Waals surface area (Å²) in [5, 5.41) is 0. The van der Waals surface area contributed by atoms with Crippen LogP contribution in [0.2, 0.25) is 0 Å². The Hall–Kier alpha value is -1.32. The second-order valence-electron chi connectivity index (χ2n) is 4.34. The van der Waals surface area contributed by atoms with Crippen LogP contribution in [0.15, 0.2) is 12.2 Å². The molecule has 0 spiro atoms. The Kier molecular flexibility index (Phi) is 7.32. The van der Waals surface area contributed by atoms with E-state index in [0.717, 1.165) is 0 Å². The normalized spacial score (nSPS) is 11.9. The average Bonchev–Trinajstić information content (AvgIpc) is 2.30. The van der Waals surface area contributed by atoms with Crippen molar-refractivity contribution in [1.29, 1.82) is 0 Å². The van der Waals surface area contributed by atoms with Crippen LogP contribution in [-0.4, -0.2) is 25.2 Å². The summed E-state index contributed by atoms with van der Waals surface area (Å²) < 4.78 is 10.1. The third-order valence-corrected chi connectivity index (χ3v) is 2.94. The molecule has 0 unspecified atom stereocenters. The van der Waals surface area contributed by atoms with Crippen molar-refractivity contribution in [2.24, 2.45) is 11.3 Å². The molecule has 0 aromatic rings. The zero-order chi connectivity index (χ0) is 14.2. The summed E-state index contributed by atoms with van der Waals surface area (Å²) >= 11 is 0. The minimum Gasteiger partial charge on any atom is -0.465 e.